The minimum atomic E-state index is -2.22. The van der Waals surface area contributed by atoms with Crippen molar-refractivity contribution >= 4 is 27.0 Å². The highest BCUT2D eigenvalue weighted by molar-refractivity contribution is 6.96. The van der Waals surface area contributed by atoms with Gasteiger partial charge < -0.3 is 14.5 Å². The Labute approximate surface area is 126 Å². The van der Waals surface area contributed by atoms with Crippen LogP contribution in [0, 0.1) is 10.4 Å². The second-order valence-corrected chi connectivity index (χ2v) is 14.0. The summed E-state index contributed by atoms with van der Waals surface area (Å²) in [5, 5.41) is 24.8. The van der Waals surface area contributed by atoms with Crippen molar-refractivity contribution in [1.29, 1.82) is 0 Å². The molecule has 7 heteroatoms. The lowest BCUT2D eigenvalue weighted by Crippen LogP contribution is -2.59. The van der Waals surface area contributed by atoms with E-state index >= 15 is 0 Å². The highest BCUT2D eigenvalue weighted by Gasteiger charge is 2.38. The number of aromatic nitrogens is 2. The molecule has 2 heterocycles. The zero-order chi connectivity index (χ0) is 15.7. The van der Waals surface area contributed by atoms with Crippen LogP contribution in [-0.2, 0) is 4.12 Å². The van der Waals surface area contributed by atoms with Gasteiger partial charge in [0.25, 0.3) is 0 Å². The van der Waals surface area contributed by atoms with Crippen molar-refractivity contribution in [3.63, 3.8) is 0 Å². The van der Waals surface area contributed by atoms with E-state index in [2.05, 4.69) is 26.2 Å². The Morgan fingerprint density at radius 2 is 1.19 bits per heavy atom. The normalized spacial score (nSPS) is 12.4. The van der Waals surface area contributed by atoms with Crippen LogP contribution in [0.25, 0.3) is 0 Å². The lowest BCUT2D eigenvalue weighted by Gasteiger charge is -2.33. The first-order chi connectivity index (χ1) is 9.71. The SMILES string of the molecule is C[Si](C)(O[Si](C)(C)c1ccc[n+]([O-])c1)c1ccc[n+]([O-])c1. The molecule has 5 nitrogen and oxygen atoms in total. The van der Waals surface area contributed by atoms with Crippen molar-refractivity contribution in [2.45, 2.75) is 26.2 Å². The molecule has 0 amide bonds. The molecule has 0 saturated heterocycles. The van der Waals surface area contributed by atoms with Crippen molar-refractivity contribution in [3.05, 3.63) is 59.5 Å². The maximum atomic E-state index is 11.5. The molecule has 0 aliphatic heterocycles. The second kappa shape index (κ2) is 5.59. The predicted octanol–water partition coefficient (Wildman–Crippen LogP) is 0.494. The summed E-state index contributed by atoms with van der Waals surface area (Å²) in [6.45, 7) is 8.30. The van der Waals surface area contributed by atoms with E-state index in [1.54, 1.807) is 24.5 Å². The van der Waals surface area contributed by atoms with Crippen LogP contribution >= 0.6 is 0 Å². The van der Waals surface area contributed by atoms with Crippen LogP contribution in [0.2, 0.25) is 26.2 Å². The highest BCUT2D eigenvalue weighted by atomic mass is 28.4. The van der Waals surface area contributed by atoms with Gasteiger partial charge in [0.1, 0.15) is 0 Å². The van der Waals surface area contributed by atoms with E-state index < -0.39 is 16.6 Å². The Hall–Kier alpha value is -1.71. The summed E-state index contributed by atoms with van der Waals surface area (Å²) in [5.41, 5.74) is 0. The van der Waals surface area contributed by atoms with E-state index in [4.69, 9.17) is 4.12 Å². The van der Waals surface area contributed by atoms with Gasteiger partial charge in [-0.1, -0.05) is 0 Å². The minimum absolute atomic E-state index is 0.802. The minimum Gasteiger partial charge on any atom is -0.619 e. The smallest absolute Gasteiger partial charge is 0.212 e. The lowest BCUT2D eigenvalue weighted by molar-refractivity contribution is -0.604. The molecule has 21 heavy (non-hydrogen) atoms. The topological polar surface area (TPSA) is 63.1 Å². The van der Waals surface area contributed by atoms with Crippen LogP contribution in [0.15, 0.2) is 49.1 Å². The fraction of sp³-hybridized carbons (Fsp3) is 0.286. The van der Waals surface area contributed by atoms with Gasteiger partial charge in [-0.3, -0.25) is 0 Å². The summed E-state index contributed by atoms with van der Waals surface area (Å²) in [4.78, 5) is 0. The summed E-state index contributed by atoms with van der Waals surface area (Å²) in [7, 11) is -4.43. The zero-order valence-corrected chi connectivity index (χ0v) is 14.7. The third kappa shape index (κ3) is 3.69. The molecule has 2 aromatic rings. The molecule has 0 radical (unpaired) electrons. The number of hydrogen-bond donors (Lipinski definition) is 0. The summed E-state index contributed by atoms with van der Waals surface area (Å²) in [5.74, 6) is 0. The molecule has 0 aliphatic rings. The monoisotopic (exact) mass is 320 g/mol. The Morgan fingerprint density at radius 3 is 1.52 bits per heavy atom. The van der Waals surface area contributed by atoms with Crippen LogP contribution in [0.3, 0.4) is 0 Å². The van der Waals surface area contributed by atoms with Gasteiger partial charge >= 0.3 is 0 Å². The highest BCUT2D eigenvalue weighted by Crippen LogP contribution is 2.14. The number of nitrogens with zero attached hydrogens (tertiary/aromatic N) is 2. The Balaban J connectivity index is 2.30. The Bertz CT molecular complexity index is 592. The summed E-state index contributed by atoms with van der Waals surface area (Å²) in [6.07, 6.45) is 6.09. The van der Waals surface area contributed by atoms with Crippen molar-refractivity contribution in [3.8, 4) is 0 Å². The first-order valence-electron chi connectivity index (χ1n) is 6.79. The number of pyridine rings is 2. The molecule has 0 spiro atoms. The molecule has 0 aromatic carbocycles. The van der Waals surface area contributed by atoms with Crippen LogP contribution in [0.4, 0.5) is 0 Å². The molecule has 0 N–H and O–H groups in total. The lowest BCUT2D eigenvalue weighted by atomic mass is 10.5. The van der Waals surface area contributed by atoms with E-state index in [0.29, 0.717) is 0 Å². The molecular formula is C14H20N2O3Si2. The Kier molecular flexibility index (Phi) is 4.17. The molecule has 2 aromatic heterocycles. The van der Waals surface area contributed by atoms with Crippen LogP contribution in [0.1, 0.15) is 0 Å². The molecular weight excluding hydrogens is 300 g/mol. The second-order valence-electron chi connectivity index (χ2n) is 6.03. The van der Waals surface area contributed by atoms with E-state index in [-0.39, 0.29) is 0 Å². The van der Waals surface area contributed by atoms with Gasteiger partial charge in [-0.2, -0.15) is 9.46 Å². The molecule has 0 saturated carbocycles. The maximum absolute atomic E-state index is 11.5. The molecule has 0 atom stereocenters. The van der Waals surface area contributed by atoms with E-state index in [1.807, 2.05) is 12.1 Å². The molecule has 0 aliphatic carbocycles. The van der Waals surface area contributed by atoms with Gasteiger partial charge in [0, 0.05) is 22.5 Å². The fourth-order valence-corrected chi connectivity index (χ4v) is 10.3. The first-order valence-corrected chi connectivity index (χ1v) is 12.6. The largest absolute Gasteiger partial charge is 0.619 e. The summed E-state index contributed by atoms with van der Waals surface area (Å²) < 4.78 is 8.08. The third-order valence-electron chi connectivity index (χ3n) is 3.45. The predicted molar refractivity (Wildman–Crippen MR) is 86.1 cm³/mol. The van der Waals surface area contributed by atoms with E-state index in [1.165, 1.54) is 12.4 Å². The molecule has 0 unspecified atom stereocenters. The van der Waals surface area contributed by atoms with Gasteiger partial charge in [-0.05, 0) is 38.3 Å². The van der Waals surface area contributed by atoms with Gasteiger partial charge in [-0.25, -0.2) is 0 Å². The molecule has 0 bridgehead atoms. The maximum Gasteiger partial charge on any atom is 0.212 e. The van der Waals surface area contributed by atoms with Gasteiger partial charge in [0.15, 0.2) is 24.8 Å². The van der Waals surface area contributed by atoms with Crippen molar-refractivity contribution in [2.24, 2.45) is 0 Å². The number of hydrogen-bond acceptors (Lipinski definition) is 3. The van der Waals surface area contributed by atoms with Crippen molar-refractivity contribution in [1.82, 2.24) is 0 Å². The fourth-order valence-electron chi connectivity index (χ4n) is 2.38. The van der Waals surface area contributed by atoms with Crippen LogP contribution in [0.5, 0.6) is 0 Å². The quantitative estimate of drug-likeness (QED) is 0.468. The van der Waals surface area contributed by atoms with Crippen molar-refractivity contribution in [2.75, 3.05) is 0 Å². The van der Waals surface area contributed by atoms with Gasteiger partial charge in [0.2, 0.25) is 16.6 Å². The standard InChI is InChI=1S/C14H20N2O3Si2/c1-20(2,13-7-5-9-15(17)11-13)19-21(3,4)14-8-6-10-16(18)12-14/h5-12H,1-4H3. The number of rotatable bonds is 4. The average molecular weight is 320 g/mol. The Morgan fingerprint density at radius 1 is 0.810 bits per heavy atom. The van der Waals surface area contributed by atoms with Crippen molar-refractivity contribution < 1.29 is 13.6 Å². The van der Waals surface area contributed by atoms with Crippen LogP contribution in [-0.4, -0.2) is 16.6 Å². The van der Waals surface area contributed by atoms with Gasteiger partial charge in [0.05, 0.1) is 0 Å². The van der Waals surface area contributed by atoms with E-state index in [9.17, 15) is 10.4 Å². The summed E-state index contributed by atoms with van der Waals surface area (Å²) >= 11 is 0. The summed E-state index contributed by atoms with van der Waals surface area (Å²) in [6, 6.07) is 7.35. The zero-order valence-electron chi connectivity index (χ0n) is 12.7. The van der Waals surface area contributed by atoms with Gasteiger partial charge in [-0.15, -0.1) is 0 Å². The molecule has 112 valence electrons. The average Bonchev–Trinajstić information content (AvgIpc) is 2.37. The first kappa shape index (κ1) is 15.7. The molecule has 2 rings (SSSR count). The van der Waals surface area contributed by atoms with E-state index in [0.717, 1.165) is 19.8 Å². The van der Waals surface area contributed by atoms with Crippen LogP contribution < -0.4 is 19.8 Å². The molecule has 0 fully saturated rings. The third-order valence-corrected chi connectivity index (χ3v) is 10.9.